The van der Waals surface area contributed by atoms with Gasteiger partial charge in [-0.3, -0.25) is 9.36 Å². The van der Waals surface area contributed by atoms with Crippen molar-refractivity contribution in [3.05, 3.63) is 64.9 Å². The van der Waals surface area contributed by atoms with Crippen molar-refractivity contribution in [2.45, 2.75) is 27.2 Å². The molecule has 0 saturated carbocycles. The van der Waals surface area contributed by atoms with Gasteiger partial charge in [-0.2, -0.15) is 0 Å². The van der Waals surface area contributed by atoms with Crippen LogP contribution in [-0.4, -0.2) is 56.5 Å². The van der Waals surface area contributed by atoms with Gasteiger partial charge in [0.1, 0.15) is 12.2 Å². The maximum absolute atomic E-state index is 12.7. The van der Waals surface area contributed by atoms with E-state index < -0.39 is 0 Å². The molecule has 9 heteroatoms. The number of hydrogen-bond acceptors (Lipinski definition) is 5. The van der Waals surface area contributed by atoms with Crippen molar-refractivity contribution in [1.82, 2.24) is 24.4 Å². The van der Waals surface area contributed by atoms with E-state index >= 15 is 0 Å². The third-order valence-electron chi connectivity index (χ3n) is 6.24. The molecular formula is C27H28Cl2N6O. The largest absolute Gasteiger partial charge is 0.351 e. The summed E-state index contributed by atoms with van der Waals surface area (Å²) in [5.41, 5.74) is 3.02. The molecule has 4 aromatic rings. The molecule has 0 atom stereocenters. The minimum Gasteiger partial charge on any atom is -0.351 e. The van der Waals surface area contributed by atoms with Crippen molar-refractivity contribution < 1.29 is 4.79 Å². The van der Waals surface area contributed by atoms with Crippen LogP contribution < -0.4 is 4.90 Å². The molecule has 1 amide bonds. The first kappa shape index (κ1) is 24.5. The Labute approximate surface area is 220 Å². The van der Waals surface area contributed by atoms with Crippen LogP contribution in [0.25, 0.3) is 28.2 Å². The summed E-state index contributed by atoms with van der Waals surface area (Å²) in [6.45, 7) is 8.92. The van der Waals surface area contributed by atoms with Gasteiger partial charge in [0.25, 0.3) is 0 Å². The van der Waals surface area contributed by atoms with Crippen LogP contribution >= 0.6 is 23.2 Å². The van der Waals surface area contributed by atoms with Crippen LogP contribution in [0.15, 0.2) is 54.9 Å². The smallest absolute Gasteiger partial charge is 0.223 e. The molecule has 2 aromatic carbocycles. The molecule has 3 heterocycles. The Hall–Kier alpha value is -3.16. The fourth-order valence-electron chi connectivity index (χ4n) is 4.50. The van der Waals surface area contributed by atoms with E-state index in [1.807, 2.05) is 58.0 Å². The number of fused-ring (bicyclic) bond motifs is 1. The second kappa shape index (κ2) is 9.71. The van der Waals surface area contributed by atoms with Crippen molar-refractivity contribution in [2.75, 3.05) is 31.1 Å². The SMILES string of the molecule is CC(C)(C)CC(=O)N1CCN(c2ncnc3c2nc(-c2ccccc2Cl)n3-c2ccc(Cl)cc2)CC1. The standard InChI is InChI=1S/C27H28Cl2N6O/c1-27(2,3)16-22(36)33-12-14-34(15-13-33)25-23-26(31-17-30-25)35(19-10-8-18(28)9-11-19)24(32-23)20-6-4-5-7-21(20)29/h4-11,17H,12-16H2,1-3H3. The minimum atomic E-state index is -0.0311. The molecule has 0 bridgehead atoms. The van der Waals surface area contributed by atoms with Gasteiger partial charge in [0, 0.05) is 48.9 Å². The summed E-state index contributed by atoms with van der Waals surface area (Å²) >= 11 is 12.8. The molecule has 0 radical (unpaired) electrons. The van der Waals surface area contributed by atoms with Crippen molar-refractivity contribution in [3.8, 4) is 17.1 Å². The molecule has 0 spiro atoms. The van der Waals surface area contributed by atoms with Gasteiger partial charge in [-0.05, 0) is 41.8 Å². The molecule has 1 aliphatic heterocycles. The minimum absolute atomic E-state index is 0.0311. The zero-order chi connectivity index (χ0) is 25.4. The molecule has 0 N–H and O–H groups in total. The summed E-state index contributed by atoms with van der Waals surface area (Å²) in [6.07, 6.45) is 2.11. The molecule has 5 rings (SSSR count). The van der Waals surface area contributed by atoms with Gasteiger partial charge in [0.15, 0.2) is 17.0 Å². The van der Waals surface area contributed by atoms with Crippen LogP contribution in [-0.2, 0) is 4.79 Å². The normalized spacial score (nSPS) is 14.5. The van der Waals surface area contributed by atoms with Crippen molar-refractivity contribution in [2.24, 2.45) is 5.41 Å². The third kappa shape index (κ3) is 4.90. The van der Waals surface area contributed by atoms with E-state index in [1.54, 1.807) is 6.33 Å². The predicted molar refractivity (Wildman–Crippen MR) is 145 cm³/mol. The predicted octanol–water partition coefficient (Wildman–Crippen LogP) is 5.87. The van der Waals surface area contributed by atoms with Crippen LogP contribution in [0, 0.1) is 5.41 Å². The monoisotopic (exact) mass is 522 g/mol. The highest BCUT2D eigenvalue weighted by Gasteiger charge is 2.28. The van der Waals surface area contributed by atoms with Crippen LogP contribution in [0.5, 0.6) is 0 Å². The van der Waals surface area contributed by atoms with E-state index in [2.05, 4.69) is 35.6 Å². The van der Waals surface area contributed by atoms with Crippen LogP contribution in [0.3, 0.4) is 0 Å². The summed E-state index contributed by atoms with van der Waals surface area (Å²) in [6, 6.07) is 15.2. The van der Waals surface area contributed by atoms with Crippen molar-refractivity contribution >= 4 is 46.1 Å². The van der Waals surface area contributed by atoms with Crippen LogP contribution in [0.4, 0.5) is 5.82 Å². The molecule has 2 aromatic heterocycles. The lowest BCUT2D eigenvalue weighted by molar-refractivity contribution is -0.133. The lowest BCUT2D eigenvalue weighted by Gasteiger charge is -2.36. The highest BCUT2D eigenvalue weighted by molar-refractivity contribution is 6.33. The summed E-state index contributed by atoms with van der Waals surface area (Å²) in [7, 11) is 0. The zero-order valence-electron chi connectivity index (χ0n) is 20.6. The summed E-state index contributed by atoms with van der Waals surface area (Å²) in [5.74, 6) is 1.63. The molecule has 186 valence electrons. The second-order valence-corrected chi connectivity index (χ2v) is 11.0. The quantitative estimate of drug-likeness (QED) is 0.335. The number of hydrogen-bond donors (Lipinski definition) is 0. The number of anilines is 1. The number of amides is 1. The van der Waals surface area contributed by atoms with E-state index in [4.69, 9.17) is 28.2 Å². The Morgan fingerprint density at radius 2 is 1.64 bits per heavy atom. The molecule has 1 fully saturated rings. The molecule has 36 heavy (non-hydrogen) atoms. The van der Waals surface area contributed by atoms with Gasteiger partial charge in [-0.15, -0.1) is 0 Å². The van der Waals surface area contributed by atoms with E-state index in [-0.39, 0.29) is 11.3 Å². The van der Waals surface area contributed by atoms with Gasteiger partial charge in [0.05, 0.1) is 5.02 Å². The average Bonchev–Trinajstić information content (AvgIpc) is 3.23. The van der Waals surface area contributed by atoms with Crippen molar-refractivity contribution in [3.63, 3.8) is 0 Å². The van der Waals surface area contributed by atoms with Gasteiger partial charge in [-0.1, -0.05) is 56.1 Å². The van der Waals surface area contributed by atoms with Gasteiger partial charge >= 0.3 is 0 Å². The Bertz CT molecular complexity index is 1400. The maximum Gasteiger partial charge on any atom is 0.223 e. The summed E-state index contributed by atoms with van der Waals surface area (Å²) < 4.78 is 1.99. The number of benzene rings is 2. The lowest BCUT2D eigenvalue weighted by Crippen LogP contribution is -2.49. The van der Waals surface area contributed by atoms with Crippen LogP contribution in [0.1, 0.15) is 27.2 Å². The van der Waals surface area contributed by atoms with Crippen molar-refractivity contribution in [1.29, 1.82) is 0 Å². The van der Waals surface area contributed by atoms with Gasteiger partial charge < -0.3 is 9.80 Å². The first-order valence-corrected chi connectivity index (χ1v) is 12.7. The van der Waals surface area contributed by atoms with E-state index in [9.17, 15) is 4.79 Å². The number of aromatic nitrogens is 4. The summed E-state index contributed by atoms with van der Waals surface area (Å²) in [5, 5.41) is 1.25. The highest BCUT2D eigenvalue weighted by Crippen LogP contribution is 2.35. The number of rotatable bonds is 4. The maximum atomic E-state index is 12.7. The zero-order valence-corrected chi connectivity index (χ0v) is 22.1. The van der Waals surface area contributed by atoms with E-state index in [0.717, 1.165) is 17.1 Å². The van der Waals surface area contributed by atoms with E-state index in [1.165, 1.54) is 0 Å². The topological polar surface area (TPSA) is 67.2 Å². The molecular weight excluding hydrogens is 495 g/mol. The number of halogens is 2. The average molecular weight is 523 g/mol. The Kier molecular flexibility index (Phi) is 6.62. The first-order valence-electron chi connectivity index (χ1n) is 12.0. The number of piperazine rings is 1. The Morgan fingerprint density at radius 3 is 2.31 bits per heavy atom. The summed E-state index contributed by atoms with van der Waals surface area (Å²) in [4.78, 5) is 31.1. The fourth-order valence-corrected chi connectivity index (χ4v) is 4.85. The Morgan fingerprint density at radius 1 is 0.944 bits per heavy atom. The number of carbonyl (C=O) groups excluding carboxylic acids is 1. The molecule has 7 nitrogen and oxygen atoms in total. The highest BCUT2D eigenvalue weighted by atomic mass is 35.5. The number of imidazole rings is 1. The number of carbonyl (C=O) groups is 1. The lowest BCUT2D eigenvalue weighted by atomic mass is 9.91. The molecule has 1 aliphatic rings. The third-order valence-corrected chi connectivity index (χ3v) is 6.82. The first-order chi connectivity index (χ1) is 17.2. The molecule has 0 aliphatic carbocycles. The fraction of sp³-hybridized carbons (Fsp3) is 0.333. The van der Waals surface area contributed by atoms with Gasteiger partial charge in [-0.25, -0.2) is 15.0 Å². The second-order valence-electron chi connectivity index (χ2n) is 10.2. The van der Waals surface area contributed by atoms with Crippen LogP contribution in [0.2, 0.25) is 10.0 Å². The number of nitrogens with zero attached hydrogens (tertiary/aromatic N) is 6. The Balaban J connectivity index is 1.54. The van der Waals surface area contributed by atoms with Gasteiger partial charge in [0.2, 0.25) is 5.91 Å². The molecule has 1 saturated heterocycles. The molecule has 0 unspecified atom stereocenters. The van der Waals surface area contributed by atoms with E-state index in [0.29, 0.717) is 59.6 Å².